The summed E-state index contributed by atoms with van der Waals surface area (Å²) < 4.78 is 5.40. The van der Waals surface area contributed by atoms with Crippen LogP contribution in [0.3, 0.4) is 0 Å². The molecule has 170 valence electrons. The molecule has 2 atom stereocenters. The van der Waals surface area contributed by atoms with Gasteiger partial charge in [-0.2, -0.15) is 0 Å². The van der Waals surface area contributed by atoms with Gasteiger partial charge in [0, 0.05) is 45.7 Å². The summed E-state index contributed by atoms with van der Waals surface area (Å²) in [4.78, 5) is 20.5. The Morgan fingerprint density at radius 2 is 1.87 bits per heavy atom. The summed E-state index contributed by atoms with van der Waals surface area (Å²) in [5.74, 6) is 1.00. The van der Waals surface area contributed by atoms with Crippen LogP contribution in [-0.4, -0.2) is 87.7 Å². The minimum atomic E-state index is -0.0109. The lowest BCUT2D eigenvalue weighted by Crippen LogP contribution is -2.45. The van der Waals surface area contributed by atoms with Crippen LogP contribution in [0.15, 0.2) is 35.3 Å². The van der Waals surface area contributed by atoms with E-state index in [1.165, 1.54) is 5.56 Å². The number of aliphatic imine (C=N–C) groups is 1. The molecule has 0 aliphatic carbocycles. The topological polar surface area (TPSA) is 69.2 Å². The van der Waals surface area contributed by atoms with E-state index in [2.05, 4.69) is 58.6 Å². The van der Waals surface area contributed by atoms with Crippen molar-refractivity contribution in [2.24, 2.45) is 4.99 Å². The first-order valence-electron chi connectivity index (χ1n) is 10.6. The molecule has 2 rings (SSSR count). The molecule has 0 bridgehead atoms. The quantitative estimate of drug-likeness (QED) is 0.221. The smallest absolute Gasteiger partial charge is 0.243 e. The molecule has 0 spiro atoms. The van der Waals surface area contributed by atoms with E-state index in [4.69, 9.17) is 4.74 Å². The average Bonchev–Trinajstić information content (AvgIpc) is 2.75. The largest absolute Gasteiger partial charge is 0.379 e. The normalized spacial score (nSPS) is 16.9. The molecule has 1 amide bonds. The zero-order chi connectivity index (χ0) is 21.1. The Labute approximate surface area is 198 Å². The fraction of sp³-hybridized carbons (Fsp3) is 0.636. The number of guanidine groups is 1. The second kappa shape index (κ2) is 14.6. The number of morpholine rings is 1. The third-order valence-corrected chi connectivity index (χ3v) is 5.36. The van der Waals surface area contributed by atoms with Crippen molar-refractivity contribution in [1.29, 1.82) is 0 Å². The maximum absolute atomic E-state index is 12.0. The standard InChI is InChI=1S/C22H37N5O2.HI/c1-18(20-9-6-5-7-10-20)19(2)25-22(24-17-21(28)26(3)4)23-11-8-12-27-13-15-29-16-14-27;/h5-7,9-10,18-19H,8,11-17H2,1-4H3,(H2,23,24,25);1H. The molecular weight excluding hydrogens is 493 g/mol. The number of carbonyl (C=O) groups is 1. The molecule has 0 aromatic heterocycles. The summed E-state index contributed by atoms with van der Waals surface area (Å²) in [6.45, 7) is 9.99. The molecule has 7 nitrogen and oxygen atoms in total. The molecule has 1 heterocycles. The summed E-state index contributed by atoms with van der Waals surface area (Å²) in [6.07, 6.45) is 1.02. The highest BCUT2D eigenvalue weighted by atomic mass is 127. The van der Waals surface area contributed by atoms with Crippen LogP contribution in [0.5, 0.6) is 0 Å². The number of amides is 1. The van der Waals surface area contributed by atoms with Gasteiger partial charge in [0.1, 0.15) is 6.54 Å². The molecule has 1 aliphatic rings. The van der Waals surface area contributed by atoms with Gasteiger partial charge in [-0.3, -0.25) is 9.69 Å². The van der Waals surface area contributed by atoms with Crippen LogP contribution in [0, 0.1) is 0 Å². The van der Waals surface area contributed by atoms with Gasteiger partial charge in [0.05, 0.1) is 13.2 Å². The van der Waals surface area contributed by atoms with Crippen molar-refractivity contribution in [3.63, 3.8) is 0 Å². The van der Waals surface area contributed by atoms with Crippen molar-refractivity contribution in [3.05, 3.63) is 35.9 Å². The first kappa shape index (κ1) is 26.6. The molecule has 1 aliphatic heterocycles. The van der Waals surface area contributed by atoms with Crippen molar-refractivity contribution < 1.29 is 9.53 Å². The van der Waals surface area contributed by atoms with Crippen molar-refractivity contribution in [3.8, 4) is 0 Å². The van der Waals surface area contributed by atoms with Gasteiger partial charge in [0.25, 0.3) is 0 Å². The Hall–Kier alpha value is -1.39. The zero-order valence-corrected chi connectivity index (χ0v) is 21.1. The summed E-state index contributed by atoms with van der Waals surface area (Å²) in [5.41, 5.74) is 1.28. The van der Waals surface area contributed by atoms with Gasteiger partial charge >= 0.3 is 0 Å². The number of nitrogens with zero attached hydrogens (tertiary/aromatic N) is 3. The van der Waals surface area contributed by atoms with Gasteiger partial charge in [-0.1, -0.05) is 37.3 Å². The third kappa shape index (κ3) is 9.61. The van der Waals surface area contributed by atoms with E-state index in [1.807, 2.05) is 6.07 Å². The summed E-state index contributed by atoms with van der Waals surface area (Å²) >= 11 is 0. The molecule has 1 aromatic rings. The summed E-state index contributed by atoms with van der Waals surface area (Å²) in [6, 6.07) is 10.6. The Morgan fingerprint density at radius 1 is 1.20 bits per heavy atom. The van der Waals surface area contributed by atoms with Gasteiger partial charge in [0.2, 0.25) is 5.91 Å². The monoisotopic (exact) mass is 531 g/mol. The van der Waals surface area contributed by atoms with Crippen molar-refractivity contribution in [2.45, 2.75) is 32.2 Å². The molecule has 0 radical (unpaired) electrons. The number of halogens is 1. The maximum atomic E-state index is 12.0. The number of likely N-dealkylation sites (N-methyl/N-ethyl adjacent to an activating group) is 1. The van der Waals surface area contributed by atoms with Crippen molar-refractivity contribution in [1.82, 2.24) is 20.4 Å². The molecule has 1 aromatic carbocycles. The van der Waals surface area contributed by atoms with E-state index < -0.39 is 0 Å². The summed E-state index contributed by atoms with van der Waals surface area (Å²) in [5, 5.41) is 6.88. The maximum Gasteiger partial charge on any atom is 0.243 e. The van der Waals surface area contributed by atoms with Gasteiger partial charge in [-0.05, 0) is 25.5 Å². The minimum Gasteiger partial charge on any atom is -0.379 e. The molecule has 8 heteroatoms. The average molecular weight is 531 g/mol. The molecule has 0 saturated carbocycles. The molecule has 1 saturated heterocycles. The predicted molar refractivity (Wildman–Crippen MR) is 134 cm³/mol. The zero-order valence-electron chi connectivity index (χ0n) is 18.8. The second-order valence-corrected chi connectivity index (χ2v) is 7.82. The fourth-order valence-corrected chi connectivity index (χ4v) is 3.16. The van der Waals surface area contributed by atoms with Crippen LogP contribution in [0.25, 0.3) is 0 Å². The highest BCUT2D eigenvalue weighted by Crippen LogP contribution is 2.18. The second-order valence-electron chi connectivity index (χ2n) is 7.82. The molecular formula is C22H38IN5O2. The number of hydrogen-bond donors (Lipinski definition) is 2. The number of hydrogen-bond acceptors (Lipinski definition) is 4. The lowest BCUT2D eigenvalue weighted by molar-refractivity contribution is -0.127. The van der Waals surface area contributed by atoms with E-state index in [-0.39, 0.29) is 42.5 Å². The van der Waals surface area contributed by atoms with E-state index in [1.54, 1.807) is 19.0 Å². The summed E-state index contributed by atoms with van der Waals surface area (Å²) in [7, 11) is 3.50. The van der Waals surface area contributed by atoms with E-state index >= 15 is 0 Å². The highest BCUT2D eigenvalue weighted by molar-refractivity contribution is 14.0. The van der Waals surface area contributed by atoms with E-state index in [0.29, 0.717) is 11.9 Å². The van der Waals surface area contributed by atoms with Crippen LogP contribution in [0.2, 0.25) is 0 Å². The number of benzene rings is 1. The van der Waals surface area contributed by atoms with Gasteiger partial charge in [-0.25, -0.2) is 4.99 Å². The van der Waals surface area contributed by atoms with E-state index in [9.17, 15) is 4.79 Å². The Kier molecular flexibility index (Phi) is 13.0. The van der Waals surface area contributed by atoms with Crippen LogP contribution in [-0.2, 0) is 9.53 Å². The predicted octanol–water partition coefficient (Wildman–Crippen LogP) is 2.14. The molecule has 2 N–H and O–H groups in total. The third-order valence-electron chi connectivity index (χ3n) is 5.36. The molecule has 2 unspecified atom stereocenters. The van der Waals surface area contributed by atoms with Gasteiger partial charge in [0.15, 0.2) is 5.96 Å². The van der Waals surface area contributed by atoms with Gasteiger partial charge in [-0.15, -0.1) is 24.0 Å². The van der Waals surface area contributed by atoms with Crippen molar-refractivity contribution in [2.75, 3.05) is 60.0 Å². The van der Waals surface area contributed by atoms with E-state index in [0.717, 1.165) is 45.8 Å². The lowest BCUT2D eigenvalue weighted by Gasteiger charge is -2.27. The SMILES string of the molecule is CC(NC(=NCC(=O)N(C)C)NCCCN1CCOCC1)C(C)c1ccccc1.I. The fourth-order valence-electron chi connectivity index (χ4n) is 3.16. The molecule has 1 fully saturated rings. The van der Waals surface area contributed by atoms with Gasteiger partial charge < -0.3 is 20.3 Å². The first-order chi connectivity index (χ1) is 14.0. The Morgan fingerprint density at radius 3 is 2.50 bits per heavy atom. The van der Waals surface area contributed by atoms with Crippen LogP contribution >= 0.6 is 24.0 Å². The van der Waals surface area contributed by atoms with Crippen molar-refractivity contribution >= 4 is 35.8 Å². The molecule has 30 heavy (non-hydrogen) atoms. The number of carbonyl (C=O) groups excluding carboxylic acids is 1. The van der Waals surface area contributed by atoms with Crippen LogP contribution < -0.4 is 10.6 Å². The first-order valence-corrected chi connectivity index (χ1v) is 10.6. The van der Waals surface area contributed by atoms with Crippen LogP contribution in [0.4, 0.5) is 0 Å². The number of rotatable bonds is 9. The highest BCUT2D eigenvalue weighted by Gasteiger charge is 2.16. The number of nitrogens with one attached hydrogen (secondary N) is 2. The van der Waals surface area contributed by atoms with Crippen LogP contribution in [0.1, 0.15) is 31.7 Å². The Bertz CT molecular complexity index is 636. The lowest BCUT2D eigenvalue weighted by atomic mass is 9.94. The minimum absolute atomic E-state index is 0. The Balaban J connectivity index is 0.00000450. The number of ether oxygens (including phenoxy) is 1.